The smallest absolute Gasteiger partial charge is 0.151 e. The summed E-state index contributed by atoms with van der Waals surface area (Å²) in [4.78, 5) is 0. The highest BCUT2D eigenvalue weighted by atomic mass is 32.2. The molecule has 0 saturated heterocycles. The monoisotopic (exact) mass is 191 g/mol. The fourth-order valence-electron chi connectivity index (χ4n) is 0.809. The summed E-state index contributed by atoms with van der Waals surface area (Å²) in [6, 6.07) is 0. The summed E-state index contributed by atoms with van der Waals surface area (Å²) >= 11 is 0. The minimum atomic E-state index is -2.90. The molecular formula is C8H17NO2S. The molecule has 2 N–H and O–H groups in total. The molecule has 0 amide bonds. The Labute approximate surface area is 74.6 Å². The molecular weight excluding hydrogens is 174 g/mol. The molecule has 0 bridgehead atoms. The Balaban J connectivity index is 3.85. The molecule has 72 valence electrons. The summed E-state index contributed by atoms with van der Waals surface area (Å²) in [7, 11) is -2.90. The molecule has 0 unspecified atom stereocenters. The first-order valence-corrected chi connectivity index (χ1v) is 5.84. The van der Waals surface area contributed by atoms with Crippen LogP contribution in [0.2, 0.25) is 0 Å². The van der Waals surface area contributed by atoms with Crippen LogP contribution in [0.25, 0.3) is 0 Å². The van der Waals surface area contributed by atoms with Crippen LogP contribution >= 0.6 is 0 Å². The Kier molecular flexibility index (Phi) is 5.17. The second kappa shape index (κ2) is 5.32. The van der Waals surface area contributed by atoms with Gasteiger partial charge in [0, 0.05) is 6.54 Å². The normalized spacial score (nSPS) is 11.2. The van der Waals surface area contributed by atoms with Crippen molar-refractivity contribution < 1.29 is 8.42 Å². The summed E-state index contributed by atoms with van der Waals surface area (Å²) < 4.78 is 22.2. The van der Waals surface area contributed by atoms with Gasteiger partial charge in [0.05, 0.1) is 11.5 Å². The van der Waals surface area contributed by atoms with Crippen molar-refractivity contribution in [3.8, 4) is 0 Å². The van der Waals surface area contributed by atoms with Crippen molar-refractivity contribution in [3.63, 3.8) is 0 Å². The standard InChI is InChI=1S/C8H17NO2S/c1-8(2)4-3-6-12(10,11)7-5-9/h4H,3,5-7,9H2,1-2H3. The van der Waals surface area contributed by atoms with Crippen LogP contribution in [-0.4, -0.2) is 26.5 Å². The Hall–Kier alpha value is -0.350. The van der Waals surface area contributed by atoms with Crippen molar-refractivity contribution in [2.24, 2.45) is 5.73 Å². The lowest BCUT2D eigenvalue weighted by molar-refractivity contribution is 0.595. The SMILES string of the molecule is CC(C)=CCCS(=O)(=O)CCN. The zero-order valence-electron chi connectivity index (χ0n) is 7.71. The number of rotatable bonds is 5. The summed E-state index contributed by atoms with van der Waals surface area (Å²) in [6.07, 6.45) is 2.53. The first kappa shape index (κ1) is 11.6. The molecule has 3 nitrogen and oxygen atoms in total. The predicted molar refractivity (Wildman–Crippen MR) is 51.8 cm³/mol. The molecule has 0 aromatic heterocycles. The molecule has 0 aliphatic rings. The highest BCUT2D eigenvalue weighted by molar-refractivity contribution is 7.91. The average molecular weight is 191 g/mol. The molecule has 0 aliphatic heterocycles. The molecule has 0 fully saturated rings. The van der Waals surface area contributed by atoms with Gasteiger partial charge < -0.3 is 5.73 Å². The van der Waals surface area contributed by atoms with E-state index in [1.165, 1.54) is 0 Å². The Morgan fingerprint density at radius 1 is 1.33 bits per heavy atom. The quantitative estimate of drug-likeness (QED) is 0.651. The van der Waals surface area contributed by atoms with E-state index in [1.54, 1.807) is 0 Å². The highest BCUT2D eigenvalue weighted by Crippen LogP contribution is 1.97. The largest absolute Gasteiger partial charge is 0.329 e. The number of hydrogen-bond donors (Lipinski definition) is 1. The Bertz CT molecular complexity index is 238. The molecule has 0 atom stereocenters. The van der Waals surface area contributed by atoms with Gasteiger partial charge in [0.2, 0.25) is 0 Å². The molecule has 12 heavy (non-hydrogen) atoms. The van der Waals surface area contributed by atoms with Crippen LogP contribution in [-0.2, 0) is 9.84 Å². The molecule has 0 heterocycles. The summed E-state index contributed by atoms with van der Waals surface area (Å²) in [5, 5.41) is 0. The Morgan fingerprint density at radius 2 is 1.92 bits per heavy atom. The lowest BCUT2D eigenvalue weighted by atomic mass is 10.3. The van der Waals surface area contributed by atoms with E-state index in [0.717, 1.165) is 5.57 Å². The van der Waals surface area contributed by atoms with Gasteiger partial charge in [-0.15, -0.1) is 0 Å². The molecule has 0 spiro atoms. The fraction of sp³-hybridized carbons (Fsp3) is 0.750. The van der Waals surface area contributed by atoms with Crippen molar-refractivity contribution in [1.29, 1.82) is 0 Å². The molecule has 0 aromatic rings. The van der Waals surface area contributed by atoms with Crippen molar-refractivity contribution >= 4 is 9.84 Å². The number of allylic oxidation sites excluding steroid dienone is 2. The molecule has 0 saturated carbocycles. The topological polar surface area (TPSA) is 60.2 Å². The average Bonchev–Trinajstić information content (AvgIpc) is 1.85. The van der Waals surface area contributed by atoms with Gasteiger partial charge in [-0.2, -0.15) is 0 Å². The van der Waals surface area contributed by atoms with Gasteiger partial charge in [0.1, 0.15) is 0 Å². The summed E-state index contributed by atoms with van der Waals surface area (Å²) in [6.45, 7) is 4.13. The van der Waals surface area contributed by atoms with E-state index in [1.807, 2.05) is 19.9 Å². The van der Waals surface area contributed by atoms with Gasteiger partial charge in [-0.1, -0.05) is 11.6 Å². The van der Waals surface area contributed by atoms with Crippen LogP contribution in [0.1, 0.15) is 20.3 Å². The van der Waals surface area contributed by atoms with E-state index in [9.17, 15) is 8.42 Å². The third kappa shape index (κ3) is 6.37. The third-order valence-corrected chi connectivity index (χ3v) is 3.13. The second-order valence-corrected chi connectivity index (χ2v) is 5.31. The first-order valence-electron chi connectivity index (χ1n) is 4.02. The van der Waals surface area contributed by atoms with Crippen molar-refractivity contribution in [3.05, 3.63) is 11.6 Å². The molecule has 4 heteroatoms. The highest BCUT2D eigenvalue weighted by Gasteiger charge is 2.06. The predicted octanol–water partition coefficient (Wildman–Crippen LogP) is 0.716. The molecule has 0 aromatic carbocycles. The van der Waals surface area contributed by atoms with E-state index < -0.39 is 9.84 Å². The van der Waals surface area contributed by atoms with Gasteiger partial charge in [-0.05, 0) is 20.3 Å². The third-order valence-electron chi connectivity index (χ3n) is 1.41. The number of sulfone groups is 1. The van der Waals surface area contributed by atoms with Crippen molar-refractivity contribution in [2.75, 3.05) is 18.1 Å². The van der Waals surface area contributed by atoms with E-state index in [0.29, 0.717) is 6.42 Å². The van der Waals surface area contributed by atoms with Crippen LogP contribution in [0, 0.1) is 0 Å². The summed E-state index contributed by atoms with van der Waals surface area (Å²) in [5.74, 6) is 0.318. The van der Waals surface area contributed by atoms with E-state index in [-0.39, 0.29) is 18.1 Å². The maximum atomic E-state index is 11.1. The maximum Gasteiger partial charge on any atom is 0.151 e. The maximum absolute atomic E-state index is 11.1. The van der Waals surface area contributed by atoms with E-state index in [4.69, 9.17) is 5.73 Å². The molecule has 0 aliphatic carbocycles. The lowest BCUT2D eigenvalue weighted by Gasteiger charge is -1.99. The zero-order chi connectivity index (χ0) is 9.61. The minimum absolute atomic E-state index is 0.101. The number of nitrogens with two attached hydrogens (primary N) is 1. The molecule has 0 rings (SSSR count). The minimum Gasteiger partial charge on any atom is -0.329 e. The van der Waals surface area contributed by atoms with Gasteiger partial charge >= 0.3 is 0 Å². The van der Waals surface area contributed by atoms with Crippen LogP contribution in [0.15, 0.2) is 11.6 Å². The zero-order valence-corrected chi connectivity index (χ0v) is 8.52. The van der Waals surface area contributed by atoms with Crippen LogP contribution in [0.4, 0.5) is 0 Å². The fourth-order valence-corrected chi connectivity index (χ4v) is 1.85. The van der Waals surface area contributed by atoms with Crippen LogP contribution in [0.5, 0.6) is 0 Å². The summed E-state index contributed by atoms with van der Waals surface area (Å²) in [5.41, 5.74) is 6.30. The first-order chi connectivity index (χ1) is 5.48. The molecule has 0 radical (unpaired) electrons. The van der Waals surface area contributed by atoms with E-state index in [2.05, 4.69) is 0 Å². The van der Waals surface area contributed by atoms with Crippen molar-refractivity contribution in [1.82, 2.24) is 0 Å². The van der Waals surface area contributed by atoms with Gasteiger partial charge in [0.15, 0.2) is 9.84 Å². The van der Waals surface area contributed by atoms with E-state index >= 15 is 0 Å². The van der Waals surface area contributed by atoms with Crippen LogP contribution < -0.4 is 5.73 Å². The number of hydrogen-bond acceptors (Lipinski definition) is 3. The van der Waals surface area contributed by atoms with Gasteiger partial charge in [-0.25, -0.2) is 8.42 Å². The lowest BCUT2D eigenvalue weighted by Crippen LogP contribution is -2.18. The van der Waals surface area contributed by atoms with Crippen molar-refractivity contribution in [2.45, 2.75) is 20.3 Å². The van der Waals surface area contributed by atoms with Gasteiger partial charge in [0.25, 0.3) is 0 Å². The van der Waals surface area contributed by atoms with Crippen LogP contribution in [0.3, 0.4) is 0 Å². The van der Waals surface area contributed by atoms with Gasteiger partial charge in [-0.3, -0.25) is 0 Å². The Morgan fingerprint density at radius 3 is 2.33 bits per heavy atom. The second-order valence-electron chi connectivity index (χ2n) is 3.01.